The van der Waals surface area contributed by atoms with Crippen LogP contribution in [0.1, 0.15) is 12.5 Å². The molecule has 0 saturated heterocycles. The first kappa shape index (κ1) is 11.4. The molecule has 14 heavy (non-hydrogen) atoms. The van der Waals surface area contributed by atoms with Gasteiger partial charge in [0.15, 0.2) is 0 Å². The van der Waals surface area contributed by atoms with Gasteiger partial charge in [0.2, 0.25) is 5.91 Å². The van der Waals surface area contributed by atoms with Crippen molar-refractivity contribution in [3.63, 3.8) is 0 Å². The van der Waals surface area contributed by atoms with Crippen molar-refractivity contribution in [1.29, 1.82) is 0 Å². The number of anilines is 1. The summed E-state index contributed by atoms with van der Waals surface area (Å²) in [7, 11) is 0. The molecule has 0 spiro atoms. The molecule has 0 atom stereocenters. The normalized spacial score (nSPS) is 9.93. The Morgan fingerprint density at radius 3 is 2.86 bits per heavy atom. The van der Waals surface area contributed by atoms with Gasteiger partial charge >= 0.3 is 0 Å². The zero-order valence-electron chi connectivity index (χ0n) is 8.13. The predicted molar refractivity (Wildman–Crippen MR) is 63.0 cm³/mol. The number of carbonyl (C=O) groups is 1. The third-order valence-corrected chi connectivity index (χ3v) is 2.60. The van der Waals surface area contributed by atoms with Gasteiger partial charge in [0.25, 0.3) is 0 Å². The molecule has 0 radical (unpaired) electrons. The monoisotopic (exact) mass is 229 g/mol. The van der Waals surface area contributed by atoms with Crippen LogP contribution in [0.3, 0.4) is 0 Å². The summed E-state index contributed by atoms with van der Waals surface area (Å²) in [4.78, 5) is 10.9. The average Bonchev–Trinajstić information content (AvgIpc) is 2.10. The third-order valence-electron chi connectivity index (χ3n) is 1.65. The maximum absolute atomic E-state index is 10.9. The Morgan fingerprint density at radius 1 is 1.57 bits per heavy atom. The second kappa shape index (κ2) is 5.27. The first-order chi connectivity index (χ1) is 6.63. The van der Waals surface area contributed by atoms with E-state index in [9.17, 15) is 4.79 Å². The Balaban J connectivity index is 2.90. The van der Waals surface area contributed by atoms with Gasteiger partial charge in [-0.25, -0.2) is 0 Å². The summed E-state index contributed by atoms with van der Waals surface area (Å²) in [6.45, 7) is 1.47. The molecule has 0 fully saturated rings. The van der Waals surface area contributed by atoms with E-state index >= 15 is 0 Å². The van der Waals surface area contributed by atoms with Gasteiger partial charge in [-0.2, -0.15) is 11.8 Å². The fourth-order valence-electron chi connectivity index (χ4n) is 1.11. The fraction of sp³-hybridized carbons (Fsp3) is 0.300. The summed E-state index contributed by atoms with van der Waals surface area (Å²) in [5.41, 5.74) is 1.84. The maximum Gasteiger partial charge on any atom is 0.221 e. The van der Waals surface area contributed by atoms with Crippen molar-refractivity contribution in [2.45, 2.75) is 12.7 Å². The van der Waals surface area contributed by atoms with Gasteiger partial charge in [-0.15, -0.1) is 0 Å². The van der Waals surface area contributed by atoms with Gasteiger partial charge < -0.3 is 5.32 Å². The molecule has 1 aromatic carbocycles. The highest BCUT2D eigenvalue weighted by Crippen LogP contribution is 2.24. The Kier molecular flexibility index (Phi) is 4.29. The molecule has 0 aliphatic carbocycles. The molecule has 0 saturated carbocycles. The Labute approximate surface area is 93.0 Å². The molecule has 0 aliphatic rings. The molecule has 0 aliphatic heterocycles. The maximum atomic E-state index is 10.9. The fourth-order valence-corrected chi connectivity index (χ4v) is 1.79. The van der Waals surface area contributed by atoms with E-state index in [1.807, 2.05) is 18.4 Å². The summed E-state index contributed by atoms with van der Waals surface area (Å²) in [5.74, 6) is 0.817. The number of rotatable bonds is 3. The number of hydrogen-bond donors (Lipinski definition) is 1. The first-order valence-corrected chi connectivity index (χ1v) is 5.95. The van der Waals surface area contributed by atoms with Crippen molar-refractivity contribution < 1.29 is 4.79 Å². The highest BCUT2D eigenvalue weighted by Gasteiger charge is 2.02. The van der Waals surface area contributed by atoms with Crippen LogP contribution < -0.4 is 5.32 Å². The van der Waals surface area contributed by atoms with Crippen LogP contribution in [-0.2, 0) is 10.5 Å². The van der Waals surface area contributed by atoms with Gasteiger partial charge in [0.05, 0.1) is 10.7 Å². The molecule has 0 unspecified atom stereocenters. The second-order valence-corrected chi connectivity index (χ2v) is 4.20. The molecule has 2 nitrogen and oxygen atoms in total. The van der Waals surface area contributed by atoms with Crippen molar-refractivity contribution in [3.8, 4) is 0 Å². The van der Waals surface area contributed by atoms with Crippen LogP contribution >= 0.6 is 23.4 Å². The first-order valence-electron chi connectivity index (χ1n) is 4.18. The van der Waals surface area contributed by atoms with Crippen molar-refractivity contribution in [2.24, 2.45) is 0 Å². The van der Waals surface area contributed by atoms with Crippen molar-refractivity contribution in [1.82, 2.24) is 0 Å². The van der Waals surface area contributed by atoms with Gasteiger partial charge in [-0.3, -0.25) is 4.79 Å². The van der Waals surface area contributed by atoms with Crippen LogP contribution in [0.4, 0.5) is 5.69 Å². The number of thioether (sulfide) groups is 1. The highest BCUT2D eigenvalue weighted by molar-refractivity contribution is 7.97. The minimum absolute atomic E-state index is 0.104. The second-order valence-electron chi connectivity index (χ2n) is 2.93. The van der Waals surface area contributed by atoms with E-state index in [1.54, 1.807) is 17.8 Å². The third kappa shape index (κ3) is 3.24. The lowest BCUT2D eigenvalue weighted by molar-refractivity contribution is -0.114. The molecule has 0 heterocycles. The minimum Gasteiger partial charge on any atom is -0.325 e. The molecule has 1 aromatic rings. The number of nitrogens with one attached hydrogen (secondary N) is 1. The highest BCUT2D eigenvalue weighted by atomic mass is 35.5. The molecule has 1 N–H and O–H groups in total. The van der Waals surface area contributed by atoms with Gasteiger partial charge in [0, 0.05) is 12.7 Å². The summed E-state index contributed by atoms with van der Waals surface area (Å²) in [5, 5.41) is 3.27. The molecule has 4 heteroatoms. The van der Waals surface area contributed by atoms with E-state index in [0.717, 1.165) is 11.3 Å². The molecule has 0 bridgehead atoms. The Hall–Kier alpha value is -0.670. The number of benzene rings is 1. The topological polar surface area (TPSA) is 29.1 Å². The van der Waals surface area contributed by atoms with E-state index in [4.69, 9.17) is 11.6 Å². The minimum atomic E-state index is -0.104. The smallest absolute Gasteiger partial charge is 0.221 e. The molecule has 1 amide bonds. The van der Waals surface area contributed by atoms with Crippen molar-refractivity contribution >= 4 is 35.0 Å². The number of amides is 1. The lowest BCUT2D eigenvalue weighted by Gasteiger charge is -2.06. The summed E-state index contributed by atoms with van der Waals surface area (Å²) in [6, 6.07) is 5.67. The van der Waals surface area contributed by atoms with Crippen molar-refractivity contribution in [3.05, 3.63) is 28.8 Å². The summed E-state index contributed by atoms with van der Waals surface area (Å²) >= 11 is 7.65. The Morgan fingerprint density at radius 2 is 2.29 bits per heavy atom. The lowest BCUT2D eigenvalue weighted by atomic mass is 10.2. The molecular weight excluding hydrogens is 218 g/mol. The van der Waals surface area contributed by atoms with E-state index < -0.39 is 0 Å². The van der Waals surface area contributed by atoms with E-state index in [0.29, 0.717) is 10.7 Å². The van der Waals surface area contributed by atoms with Gasteiger partial charge in [-0.05, 0) is 24.0 Å². The molecular formula is C10H12ClNOS. The summed E-state index contributed by atoms with van der Waals surface area (Å²) < 4.78 is 0. The zero-order valence-corrected chi connectivity index (χ0v) is 9.71. The van der Waals surface area contributed by atoms with Gasteiger partial charge in [-0.1, -0.05) is 17.7 Å². The molecule has 1 rings (SSSR count). The predicted octanol–water partition coefficient (Wildman–Crippen LogP) is 3.16. The van der Waals surface area contributed by atoms with E-state index in [2.05, 4.69) is 5.32 Å². The van der Waals surface area contributed by atoms with Crippen LogP contribution in [0.5, 0.6) is 0 Å². The van der Waals surface area contributed by atoms with Gasteiger partial charge in [0.1, 0.15) is 0 Å². The molecule has 76 valence electrons. The average molecular weight is 230 g/mol. The van der Waals surface area contributed by atoms with Crippen LogP contribution in [0, 0.1) is 0 Å². The van der Waals surface area contributed by atoms with Crippen LogP contribution in [-0.4, -0.2) is 12.2 Å². The van der Waals surface area contributed by atoms with E-state index in [1.165, 1.54) is 6.92 Å². The standard InChI is InChI=1S/C10H12ClNOS/c1-7(13)12-10-5-8(6-14-2)3-4-9(10)11/h3-5H,6H2,1-2H3,(H,12,13). The zero-order chi connectivity index (χ0) is 10.6. The number of hydrogen-bond acceptors (Lipinski definition) is 2. The van der Waals surface area contributed by atoms with Crippen molar-refractivity contribution in [2.75, 3.05) is 11.6 Å². The summed E-state index contributed by atoms with van der Waals surface area (Å²) in [6.07, 6.45) is 2.03. The number of halogens is 1. The Bertz CT molecular complexity index is 341. The van der Waals surface area contributed by atoms with Crippen LogP contribution in [0.25, 0.3) is 0 Å². The van der Waals surface area contributed by atoms with Crippen LogP contribution in [0.2, 0.25) is 5.02 Å². The largest absolute Gasteiger partial charge is 0.325 e. The lowest BCUT2D eigenvalue weighted by Crippen LogP contribution is -2.06. The van der Waals surface area contributed by atoms with E-state index in [-0.39, 0.29) is 5.91 Å². The van der Waals surface area contributed by atoms with Crippen LogP contribution in [0.15, 0.2) is 18.2 Å². The SMILES string of the molecule is CSCc1ccc(Cl)c(NC(C)=O)c1. The number of carbonyl (C=O) groups excluding carboxylic acids is 1. The molecule has 0 aromatic heterocycles. The quantitative estimate of drug-likeness (QED) is 0.863.